The summed E-state index contributed by atoms with van der Waals surface area (Å²) in [6.45, 7) is 8.18. The van der Waals surface area contributed by atoms with E-state index >= 15 is 0 Å². The zero-order chi connectivity index (χ0) is 17.5. The Kier molecular flexibility index (Phi) is 4.18. The summed E-state index contributed by atoms with van der Waals surface area (Å²) in [6, 6.07) is 6.96. The molecule has 1 aromatic carbocycles. The molecule has 0 amide bonds. The molecular formula is C15H19N5O2S2. The molecule has 24 heavy (non-hydrogen) atoms. The van der Waals surface area contributed by atoms with Gasteiger partial charge in [-0.05, 0) is 30.0 Å². The Hall–Kier alpha value is -1.84. The van der Waals surface area contributed by atoms with Crippen molar-refractivity contribution in [1.29, 1.82) is 0 Å². The second-order valence-corrected chi connectivity index (χ2v) is 9.34. The van der Waals surface area contributed by atoms with E-state index in [0.717, 1.165) is 5.56 Å². The summed E-state index contributed by atoms with van der Waals surface area (Å²) in [5.74, 6) is 0.674. The second kappa shape index (κ2) is 5.91. The number of aromatic nitrogens is 4. The second-order valence-electron chi connectivity index (χ2n) is 6.54. The molecule has 128 valence electrons. The van der Waals surface area contributed by atoms with Gasteiger partial charge in [-0.15, -0.1) is 10.2 Å². The van der Waals surface area contributed by atoms with Gasteiger partial charge in [0.05, 0.1) is 11.4 Å². The van der Waals surface area contributed by atoms with E-state index in [4.69, 9.17) is 0 Å². The molecule has 2 aromatic heterocycles. The molecule has 0 radical (unpaired) electrons. The molecule has 9 heteroatoms. The van der Waals surface area contributed by atoms with Crippen LogP contribution in [0.1, 0.15) is 37.2 Å². The standard InChI is InChI=1S/C15H19N5O2S2/c1-10-17-18-14-20(10)19-13(23-14)9-16-24(21,22)12-7-5-11(6-8-12)15(2,3)4/h5-8,16H,9H2,1-4H3. The first-order valence-electron chi connectivity index (χ1n) is 7.45. The van der Waals surface area contributed by atoms with Crippen molar-refractivity contribution in [2.45, 2.75) is 44.6 Å². The van der Waals surface area contributed by atoms with E-state index in [-0.39, 0.29) is 16.9 Å². The Morgan fingerprint density at radius 2 is 1.83 bits per heavy atom. The molecule has 0 aliphatic heterocycles. The van der Waals surface area contributed by atoms with E-state index in [9.17, 15) is 8.42 Å². The molecule has 3 rings (SSSR count). The van der Waals surface area contributed by atoms with Crippen LogP contribution in [0, 0.1) is 6.92 Å². The lowest BCUT2D eigenvalue weighted by molar-refractivity contribution is 0.577. The number of aryl methyl sites for hydroxylation is 1. The Morgan fingerprint density at radius 1 is 1.17 bits per heavy atom. The van der Waals surface area contributed by atoms with Gasteiger partial charge in [-0.1, -0.05) is 44.2 Å². The van der Waals surface area contributed by atoms with Crippen molar-refractivity contribution in [1.82, 2.24) is 24.5 Å². The van der Waals surface area contributed by atoms with Crippen LogP contribution < -0.4 is 4.72 Å². The molecular weight excluding hydrogens is 346 g/mol. The third-order valence-corrected chi connectivity index (χ3v) is 5.95. The molecule has 0 saturated heterocycles. The van der Waals surface area contributed by atoms with Crippen molar-refractivity contribution in [2.24, 2.45) is 0 Å². The maximum absolute atomic E-state index is 12.4. The Labute approximate surface area is 144 Å². The van der Waals surface area contributed by atoms with E-state index in [0.29, 0.717) is 15.8 Å². The number of nitrogens with one attached hydrogen (secondary N) is 1. The summed E-state index contributed by atoms with van der Waals surface area (Å²) in [4.78, 5) is 0.894. The Balaban J connectivity index is 1.75. The summed E-state index contributed by atoms with van der Waals surface area (Å²) in [7, 11) is -3.58. The predicted molar refractivity (Wildman–Crippen MR) is 92.6 cm³/mol. The van der Waals surface area contributed by atoms with E-state index in [2.05, 4.69) is 40.8 Å². The number of sulfonamides is 1. The quantitative estimate of drug-likeness (QED) is 0.766. The van der Waals surface area contributed by atoms with Crippen molar-refractivity contribution in [3.63, 3.8) is 0 Å². The van der Waals surface area contributed by atoms with Crippen molar-refractivity contribution in [3.05, 3.63) is 40.7 Å². The SMILES string of the molecule is Cc1nnc2sc(CNS(=O)(=O)c3ccc(C(C)(C)C)cc3)nn12. The molecule has 0 saturated carbocycles. The maximum atomic E-state index is 12.4. The van der Waals surface area contributed by atoms with Crippen LogP contribution in [-0.2, 0) is 22.0 Å². The molecule has 0 spiro atoms. The summed E-state index contributed by atoms with van der Waals surface area (Å²) in [6.07, 6.45) is 0. The lowest BCUT2D eigenvalue weighted by atomic mass is 9.87. The monoisotopic (exact) mass is 365 g/mol. The van der Waals surface area contributed by atoms with Gasteiger partial charge >= 0.3 is 0 Å². The van der Waals surface area contributed by atoms with Gasteiger partial charge < -0.3 is 0 Å². The van der Waals surface area contributed by atoms with Crippen LogP contribution in [0.25, 0.3) is 4.96 Å². The van der Waals surface area contributed by atoms with Crippen molar-refractivity contribution >= 4 is 26.3 Å². The average Bonchev–Trinajstić information content (AvgIpc) is 3.07. The van der Waals surface area contributed by atoms with Gasteiger partial charge in [0.25, 0.3) is 0 Å². The zero-order valence-corrected chi connectivity index (χ0v) is 15.6. The largest absolute Gasteiger partial charge is 0.240 e. The van der Waals surface area contributed by atoms with Gasteiger partial charge in [-0.3, -0.25) is 0 Å². The highest BCUT2D eigenvalue weighted by molar-refractivity contribution is 7.89. The molecule has 3 aromatic rings. The number of nitrogens with zero attached hydrogens (tertiary/aromatic N) is 4. The van der Waals surface area contributed by atoms with E-state index < -0.39 is 10.0 Å². The van der Waals surface area contributed by atoms with Crippen LogP contribution in [0.2, 0.25) is 0 Å². The first-order chi connectivity index (χ1) is 11.2. The van der Waals surface area contributed by atoms with Gasteiger partial charge in [0.15, 0.2) is 5.82 Å². The third-order valence-electron chi connectivity index (χ3n) is 3.63. The Morgan fingerprint density at radius 3 is 2.42 bits per heavy atom. The van der Waals surface area contributed by atoms with Crippen LogP contribution in [0.5, 0.6) is 0 Å². The van der Waals surface area contributed by atoms with Crippen molar-refractivity contribution < 1.29 is 8.42 Å². The van der Waals surface area contributed by atoms with Gasteiger partial charge in [0.1, 0.15) is 5.01 Å². The normalized spacial score (nSPS) is 12.8. The summed E-state index contributed by atoms with van der Waals surface area (Å²) >= 11 is 1.31. The molecule has 0 bridgehead atoms. The van der Waals surface area contributed by atoms with Gasteiger partial charge in [0, 0.05) is 0 Å². The zero-order valence-electron chi connectivity index (χ0n) is 13.9. The van der Waals surface area contributed by atoms with Crippen molar-refractivity contribution in [3.8, 4) is 0 Å². The first kappa shape index (κ1) is 17.0. The average molecular weight is 365 g/mol. The molecule has 0 atom stereocenters. The maximum Gasteiger partial charge on any atom is 0.240 e. The number of fused-ring (bicyclic) bond motifs is 1. The molecule has 0 aliphatic carbocycles. The molecule has 0 unspecified atom stereocenters. The lowest BCUT2D eigenvalue weighted by Crippen LogP contribution is -2.23. The minimum absolute atomic E-state index is 0.0166. The molecule has 1 N–H and O–H groups in total. The number of hydrogen-bond acceptors (Lipinski definition) is 6. The van der Waals surface area contributed by atoms with E-state index in [1.165, 1.54) is 11.3 Å². The topological polar surface area (TPSA) is 89.2 Å². The fourth-order valence-electron chi connectivity index (χ4n) is 2.20. The lowest BCUT2D eigenvalue weighted by Gasteiger charge is -2.19. The third kappa shape index (κ3) is 3.33. The van der Waals surface area contributed by atoms with Gasteiger partial charge in [-0.2, -0.15) is 9.61 Å². The molecule has 0 aliphatic rings. The van der Waals surface area contributed by atoms with Crippen LogP contribution >= 0.6 is 11.3 Å². The van der Waals surface area contributed by atoms with Crippen LogP contribution in [-0.4, -0.2) is 28.2 Å². The molecule has 7 nitrogen and oxygen atoms in total. The van der Waals surface area contributed by atoms with E-state index in [1.807, 2.05) is 12.1 Å². The van der Waals surface area contributed by atoms with Crippen LogP contribution in [0.3, 0.4) is 0 Å². The van der Waals surface area contributed by atoms with E-state index in [1.54, 1.807) is 23.6 Å². The fraction of sp³-hybridized carbons (Fsp3) is 0.400. The highest BCUT2D eigenvalue weighted by atomic mass is 32.2. The van der Waals surface area contributed by atoms with Gasteiger partial charge in [-0.25, -0.2) is 13.1 Å². The highest BCUT2D eigenvalue weighted by Crippen LogP contribution is 2.23. The smallest absolute Gasteiger partial charge is 0.207 e. The first-order valence-corrected chi connectivity index (χ1v) is 9.75. The number of hydrogen-bond donors (Lipinski definition) is 1. The minimum Gasteiger partial charge on any atom is -0.207 e. The summed E-state index contributed by atoms with van der Waals surface area (Å²) in [5, 5.41) is 12.8. The minimum atomic E-state index is -3.58. The van der Waals surface area contributed by atoms with Crippen LogP contribution in [0.4, 0.5) is 0 Å². The molecule has 2 heterocycles. The Bertz CT molecular complexity index is 966. The van der Waals surface area contributed by atoms with Crippen molar-refractivity contribution in [2.75, 3.05) is 0 Å². The number of rotatable bonds is 4. The summed E-state index contributed by atoms with van der Waals surface area (Å²) in [5.41, 5.74) is 1.07. The van der Waals surface area contributed by atoms with Gasteiger partial charge in [0.2, 0.25) is 15.0 Å². The van der Waals surface area contributed by atoms with Crippen LogP contribution in [0.15, 0.2) is 29.2 Å². The number of benzene rings is 1. The summed E-state index contributed by atoms with van der Waals surface area (Å²) < 4.78 is 29.0. The molecule has 0 fully saturated rings. The fourth-order valence-corrected chi connectivity index (χ4v) is 4.10. The predicted octanol–water partition coefficient (Wildman–Crippen LogP) is 2.27. The highest BCUT2D eigenvalue weighted by Gasteiger charge is 2.18.